The summed E-state index contributed by atoms with van der Waals surface area (Å²) in [5, 5.41) is 7.11. The number of anilines is 1. The SMILES string of the molecule is c1nc2c(c(NCCc3ncon3)n1)CCCC2. The van der Waals surface area contributed by atoms with Gasteiger partial charge in [0.15, 0.2) is 5.82 Å². The standard InChI is InChI=1S/C12H15N5O/c1-2-4-10-9(3-1)12(15-7-14-10)13-6-5-11-16-8-18-17-11/h7-8H,1-6H2,(H,13,14,15). The van der Waals surface area contributed by atoms with E-state index in [4.69, 9.17) is 4.52 Å². The summed E-state index contributed by atoms with van der Waals surface area (Å²) in [6.45, 7) is 0.753. The van der Waals surface area contributed by atoms with E-state index >= 15 is 0 Å². The van der Waals surface area contributed by atoms with Crippen molar-refractivity contribution in [3.8, 4) is 0 Å². The minimum Gasteiger partial charge on any atom is -0.369 e. The van der Waals surface area contributed by atoms with E-state index in [0.717, 1.165) is 31.6 Å². The van der Waals surface area contributed by atoms with Crippen LogP contribution in [0.2, 0.25) is 0 Å². The van der Waals surface area contributed by atoms with E-state index in [1.807, 2.05) is 0 Å². The molecule has 0 spiro atoms. The molecule has 6 nitrogen and oxygen atoms in total. The fraction of sp³-hybridized carbons (Fsp3) is 0.500. The first-order chi connectivity index (χ1) is 8.93. The number of hydrogen-bond donors (Lipinski definition) is 1. The highest BCUT2D eigenvalue weighted by Crippen LogP contribution is 2.24. The molecule has 2 aromatic rings. The lowest BCUT2D eigenvalue weighted by atomic mass is 9.96. The van der Waals surface area contributed by atoms with Gasteiger partial charge < -0.3 is 9.84 Å². The van der Waals surface area contributed by atoms with Gasteiger partial charge in [-0.05, 0) is 25.7 Å². The Bertz CT molecular complexity index is 511. The van der Waals surface area contributed by atoms with Crippen molar-refractivity contribution in [1.82, 2.24) is 20.1 Å². The topological polar surface area (TPSA) is 76.7 Å². The number of nitrogens with zero attached hydrogens (tertiary/aromatic N) is 4. The minimum atomic E-state index is 0.713. The molecule has 18 heavy (non-hydrogen) atoms. The smallest absolute Gasteiger partial charge is 0.213 e. The summed E-state index contributed by atoms with van der Waals surface area (Å²) in [4.78, 5) is 12.7. The molecule has 94 valence electrons. The van der Waals surface area contributed by atoms with Crippen LogP contribution in [0.4, 0.5) is 5.82 Å². The van der Waals surface area contributed by atoms with Crippen LogP contribution in [-0.2, 0) is 19.3 Å². The Kier molecular flexibility index (Phi) is 3.16. The highest BCUT2D eigenvalue weighted by Gasteiger charge is 2.15. The van der Waals surface area contributed by atoms with Gasteiger partial charge in [0.1, 0.15) is 12.1 Å². The third-order valence-corrected chi connectivity index (χ3v) is 3.17. The lowest BCUT2D eigenvalue weighted by Gasteiger charge is -2.17. The maximum absolute atomic E-state index is 4.69. The number of rotatable bonds is 4. The molecule has 0 amide bonds. The molecular formula is C12H15N5O. The molecule has 2 heterocycles. The van der Waals surface area contributed by atoms with E-state index in [2.05, 4.69) is 25.4 Å². The molecule has 0 unspecified atom stereocenters. The number of fused-ring (bicyclic) bond motifs is 1. The lowest BCUT2D eigenvalue weighted by molar-refractivity contribution is 0.410. The van der Waals surface area contributed by atoms with E-state index in [9.17, 15) is 0 Å². The maximum Gasteiger partial charge on any atom is 0.213 e. The quantitative estimate of drug-likeness (QED) is 0.877. The van der Waals surface area contributed by atoms with Gasteiger partial charge in [-0.2, -0.15) is 4.98 Å². The zero-order valence-electron chi connectivity index (χ0n) is 10.1. The van der Waals surface area contributed by atoms with Crippen LogP contribution in [0.3, 0.4) is 0 Å². The summed E-state index contributed by atoms with van der Waals surface area (Å²) in [6, 6.07) is 0. The summed E-state index contributed by atoms with van der Waals surface area (Å²) < 4.78 is 4.69. The molecule has 0 aromatic carbocycles. The molecule has 2 aromatic heterocycles. The molecule has 1 N–H and O–H groups in total. The molecule has 3 rings (SSSR count). The van der Waals surface area contributed by atoms with Gasteiger partial charge in [-0.3, -0.25) is 0 Å². The Morgan fingerprint density at radius 2 is 2.11 bits per heavy atom. The van der Waals surface area contributed by atoms with Crippen LogP contribution >= 0.6 is 0 Å². The van der Waals surface area contributed by atoms with E-state index in [-0.39, 0.29) is 0 Å². The Hall–Kier alpha value is -1.98. The van der Waals surface area contributed by atoms with Crippen LogP contribution in [0.25, 0.3) is 0 Å². The number of aryl methyl sites for hydroxylation is 1. The van der Waals surface area contributed by atoms with E-state index in [1.165, 1.54) is 30.5 Å². The normalized spacial score (nSPS) is 14.2. The highest BCUT2D eigenvalue weighted by molar-refractivity contribution is 5.46. The molecular weight excluding hydrogens is 230 g/mol. The van der Waals surface area contributed by atoms with Crippen molar-refractivity contribution in [2.24, 2.45) is 0 Å². The van der Waals surface area contributed by atoms with Crippen molar-refractivity contribution in [1.29, 1.82) is 0 Å². The second-order valence-electron chi connectivity index (χ2n) is 4.38. The van der Waals surface area contributed by atoms with Crippen LogP contribution < -0.4 is 5.32 Å². The van der Waals surface area contributed by atoms with Gasteiger partial charge in [-0.1, -0.05) is 5.16 Å². The monoisotopic (exact) mass is 245 g/mol. The Morgan fingerprint density at radius 3 is 3.00 bits per heavy atom. The largest absolute Gasteiger partial charge is 0.369 e. The fourth-order valence-electron chi connectivity index (χ4n) is 2.27. The lowest BCUT2D eigenvalue weighted by Crippen LogP contribution is -2.14. The van der Waals surface area contributed by atoms with Gasteiger partial charge in [0, 0.05) is 24.2 Å². The first kappa shape index (κ1) is 11.1. The van der Waals surface area contributed by atoms with Crippen molar-refractivity contribution in [2.45, 2.75) is 32.1 Å². The van der Waals surface area contributed by atoms with Crippen LogP contribution in [0.1, 0.15) is 29.9 Å². The van der Waals surface area contributed by atoms with Crippen molar-refractivity contribution in [3.05, 3.63) is 29.8 Å². The highest BCUT2D eigenvalue weighted by atomic mass is 16.5. The third kappa shape index (κ3) is 2.32. The van der Waals surface area contributed by atoms with E-state index in [0.29, 0.717) is 5.82 Å². The van der Waals surface area contributed by atoms with Crippen LogP contribution in [0.5, 0.6) is 0 Å². The van der Waals surface area contributed by atoms with Crippen LogP contribution in [-0.4, -0.2) is 26.7 Å². The van der Waals surface area contributed by atoms with Gasteiger partial charge in [0.2, 0.25) is 6.39 Å². The van der Waals surface area contributed by atoms with Crippen molar-refractivity contribution < 1.29 is 4.52 Å². The Labute approximate surface area is 105 Å². The third-order valence-electron chi connectivity index (χ3n) is 3.17. The minimum absolute atomic E-state index is 0.713. The molecule has 0 aliphatic heterocycles. The first-order valence-corrected chi connectivity index (χ1v) is 6.25. The Morgan fingerprint density at radius 1 is 1.17 bits per heavy atom. The summed E-state index contributed by atoms with van der Waals surface area (Å²) >= 11 is 0. The first-order valence-electron chi connectivity index (χ1n) is 6.25. The summed E-state index contributed by atoms with van der Waals surface area (Å²) in [5.74, 6) is 1.67. The summed E-state index contributed by atoms with van der Waals surface area (Å²) in [6.07, 6.45) is 8.31. The van der Waals surface area contributed by atoms with E-state index in [1.54, 1.807) is 6.33 Å². The predicted molar refractivity (Wildman–Crippen MR) is 65.2 cm³/mol. The molecule has 0 radical (unpaired) electrons. The second-order valence-corrected chi connectivity index (χ2v) is 4.38. The molecule has 1 aliphatic rings. The zero-order chi connectivity index (χ0) is 12.2. The predicted octanol–water partition coefficient (Wildman–Crippen LogP) is 1.39. The number of hydrogen-bond acceptors (Lipinski definition) is 6. The number of aromatic nitrogens is 4. The van der Waals surface area contributed by atoms with Crippen molar-refractivity contribution >= 4 is 5.82 Å². The van der Waals surface area contributed by atoms with Crippen molar-refractivity contribution in [2.75, 3.05) is 11.9 Å². The van der Waals surface area contributed by atoms with Gasteiger partial charge >= 0.3 is 0 Å². The molecule has 0 bridgehead atoms. The fourth-order valence-corrected chi connectivity index (χ4v) is 2.27. The average molecular weight is 245 g/mol. The molecule has 0 atom stereocenters. The molecule has 0 saturated carbocycles. The maximum atomic E-state index is 4.69. The zero-order valence-corrected chi connectivity index (χ0v) is 10.1. The van der Waals surface area contributed by atoms with Crippen LogP contribution in [0, 0.1) is 0 Å². The Balaban J connectivity index is 1.65. The van der Waals surface area contributed by atoms with Crippen LogP contribution in [0.15, 0.2) is 17.2 Å². The molecule has 0 saturated heterocycles. The summed E-state index contributed by atoms with van der Waals surface area (Å²) in [5.41, 5.74) is 2.47. The van der Waals surface area contributed by atoms with Crippen molar-refractivity contribution in [3.63, 3.8) is 0 Å². The van der Waals surface area contributed by atoms with Gasteiger partial charge in [-0.25, -0.2) is 9.97 Å². The van der Waals surface area contributed by atoms with E-state index < -0.39 is 0 Å². The molecule has 0 fully saturated rings. The van der Waals surface area contributed by atoms with Gasteiger partial charge in [0.05, 0.1) is 0 Å². The average Bonchev–Trinajstić information content (AvgIpc) is 2.92. The number of nitrogens with one attached hydrogen (secondary N) is 1. The van der Waals surface area contributed by atoms with Gasteiger partial charge in [-0.15, -0.1) is 0 Å². The van der Waals surface area contributed by atoms with Gasteiger partial charge in [0.25, 0.3) is 0 Å². The second kappa shape index (κ2) is 5.12. The summed E-state index contributed by atoms with van der Waals surface area (Å²) in [7, 11) is 0. The molecule has 6 heteroatoms. The molecule has 1 aliphatic carbocycles.